The van der Waals surface area contributed by atoms with Gasteiger partial charge in [-0.05, 0) is 31.5 Å². The maximum atomic E-state index is 12.5. The Balaban J connectivity index is 1.88. The lowest BCUT2D eigenvalue weighted by molar-refractivity contribution is -0.120. The summed E-state index contributed by atoms with van der Waals surface area (Å²) in [6.45, 7) is 4.96. The number of nitrogens with one attached hydrogen (secondary N) is 2. The molecule has 1 heterocycles. The molecular weight excluding hydrogens is 415 g/mol. The number of halogens is 2. The van der Waals surface area contributed by atoms with Crippen LogP contribution in [-0.4, -0.2) is 41.6 Å². The summed E-state index contributed by atoms with van der Waals surface area (Å²) in [7, 11) is 1.64. The minimum absolute atomic E-state index is 0.0994. The molecule has 142 valence electrons. The number of amides is 1. The van der Waals surface area contributed by atoms with Gasteiger partial charge in [-0.25, -0.2) is 0 Å². The van der Waals surface area contributed by atoms with E-state index in [4.69, 9.17) is 27.9 Å². The van der Waals surface area contributed by atoms with Gasteiger partial charge in [0.05, 0.1) is 17.9 Å². The summed E-state index contributed by atoms with van der Waals surface area (Å²) in [5.74, 6) is -0.0994. The Morgan fingerprint density at radius 2 is 2.12 bits per heavy atom. The van der Waals surface area contributed by atoms with Gasteiger partial charge in [0.25, 0.3) is 0 Å². The van der Waals surface area contributed by atoms with Crippen molar-refractivity contribution in [2.75, 3.05) is 25.6 Å². The predicted octanol–water partition coefficient (Wildman–Crippen LogP) is 4.26. The molecule has 26 heavy (non-hydrogen) atoms. The molecule has 0 saturated heterocycles. The molecule has 0 aliphatic heterocycles. The van der Waals surface area contributed by atoms with Crippen LogP contribution in [0, 0.1) is 0 Å². The van der Waals surface area contributed by atoms with Crippen LogP contribution in [0.5, 0.6) is 0 Å². The molecule has 2 atom stereocenters. The quantitative estimate of drug-likeness (QED) is 0.453. The second-order valence-electron chi connectivity index (χ2n) is 5.45. The number of aromatic nitrogens is 2. The van der Waals surface area contributed by atoms with Gasteiger partial charge in [0, 0.05) is 23.7 Å². The number of nitrogens with zero attached hydrogens (tertiary/aromatic N) is 2. The number of methoxy groups -OCH3 is 1. The van der Waals surface area contributed by atoms with Crippen LogP contribution >= 0.6 is 46.3 Å². The number of benzene rings is 1. The average Bonchev–Trinajstić information content (AvgIpc) is 3.02. The van der Waals surface area contributed by atoms with E-state index >= 15 is 0 Å². The fraction of sp³-hybridized carbons (Fsp3) is 0.438. The van der Waals surface area contributed by atoms with E-state index < -0.39 is 0 Å². The van der Waals surface area contributed by atoms with E-state index in [2.05, 4.69) is 20.8 Å². The SMILES string of the molecule is COCCNc1nnc(SC(C)C(=O)NC(C)c2ccc(Cl)cc2Cl)s1. The number of anilines is 1. The van der Waals surface area contributed by atoms with E-state index in [9.17, 15) is 4.79 Å². The fourth-order valence-electron chi connectivity index (χ4n) is 2.05. The van der Waals surface area contributed by atoms with Gasteiger partial charge >= 0.3 is 0 Å². The third-order valence-corrected chi connectivity index (χ3v) is 6.05. The van der Waals surface area contributed by atoms with Crippen LogP contribution in [0.25, 0.3) is 0 Å². The van der Waals surface area contributed by atoms with Crippen LogP contribution in [0.3, 0.4) is 0 Å². The molecule has 0 radical (unpaired) electrons. The molecule has 0 saturated carbocycles. The van der Waals surface area contributed by atoms with Crippen molar-refractivity contribution in [3.8, 4) is 0 Å². The molecule has 10 heteroatoms. The highest BCUT2D eigenvalue weighted by atomic mass is 35.5. The monoisotopic (exact) mass is 434 g/mol. The van der Waals surface area contributed by atoms with Crippen molar-refractivity contribution in [2.24, 2.45) is 0 Å². The summed E-state index contributed by atoms with van der Waals surface area (Å²) >= 11 is 14.9. The highest BCUT2D eigenvalue weighted by molar-refractivity contribution is 8.02. The van der Waals surface area contributed by atoms with Gasteiger partial charge in [0.2, 0.25) is 11.0 Å². The lowest BCUT2D eigenvalue weighted by atomic mass is 10.1. The molecular formula is C16H20Cl2N4O2S2. The van der Waals surface area contributed by atoms with E-state index in [-0.39, 0.29) is 17.2 Å². The molecule has 1 aromatic heterocycles. The zero-order valence-corrected chi connectivity index (χ0v) is 17.7. The van der Waals surface area contributed by atoms with E-state index in [1.807, 2.05) is 19.9 Å². The standard InChI is InChI=1S/C16H20Cl2N4O2S2/c1-9(12-5-4-11(17)8-13(12)18)20-14(23)10(2)25-16-22-21-15(26-16)19-6-7-24-3/h4-5,8-10H,6-7H2,1-3H3,(H,19,21)(H,20,23). The van der Waals surface area contributed by atoms with E-state index in [0.717, 1.165) is 9.90 Å². The average molecular weight is 435 g/mol. The maximum Gasteiger partial charge on any atom is 0.233 e. The maximum absolute atomic E-state index is 12.5. The highest BCUT2D eigenvalue weighted by Crippen LogP contribution is 2.30. The lowest BCUT2D eigenvalue weighted by Gasteiger charge is -2.18. The number of thioether (sulfide) groups is 1. The van der Waals surface area contributed by atoms with Crippen LogP contribution in [-0.2, 0) is 9.53 Å². The number of ether oxygens (including phenoxy) is 1. The number of carbonyl (C=O) groups excluding carboxylic acids is 1. The second-order valence-corrected chi connectivity index (χ2v) is 8.86. The molecule has 0 spiro atoms. The summed E-state index contributed by atoms with van der Waals surface area (Å²) in [6, 6.07) is 5.01. The van der Waals surface area contributed by atoms with E-state index in [1.165, 1.54) is 23.1 Å². The molecule has 0 fully saturated rings. The van der Waals surface area contributed by atoms with E-state index in [1.54, 1.807) is 19.2 Å². The third kappa shape index (κ3) is 6.28. The minimum atomic E-state index is -0.316. The molecule has 1 aromatic carbocycles. The van der Waals surface area contributed by atoms with Gasteiger partial charge in [0.15, 0.2) is 4.34 Å². The number of rotatable bonds is 9. The molecule has 2 rings (SSSR count). The van der Waals surface area contributed by atoms with E-state index in [0.29, 0.717) is 28.3 Å². The van der Waals surface area contributed by atoms with Crippen molar-refractivity contribution >= 4 is 57.3 Å². The first-order valence-electron chi connectivity index (χ1n) is 7.89. The molecule has 2 aromatic rings. The van der Waals surface area contributed by atoms with Gasteiger partial charge in [0.1, 0.15) is 0 Å². The van der Waals surface area contributed by atoms with Crippen molar-refractivity contribution in [3.63, 3.8) is 0 Å². The van der Waals surface area contributed by atoms with Crippen molar-refractivity contribution in [1.29, 1.82) is 0 Å². The Morgan fingerprint density at radius 3 is 2.81 bits per heavy atom. The predicted molar refractivity (Wildman–Crippen MR) is 109 cm³/mol. The summed E-state index contributed by atoms with van der Waals surface area (Å²) in [6.07, 6.45) is 0. The summed E-state index contributed by atoms with van der Waals surface area (Å²) in [4.78, 5) is 12.5. The van der Waals surface area contributed by atoms with Crippen LogP contribution < -0.4 is 10.6 Å². The normalized spacial score (nSPS) is 13.3. The zero-order chi connectivity index (χ0) is 19.1. The van der Waals surface area contributed by atoms with Crippen LogP contribution in [0.1, 0.15) is 25.5 Å². The number of carbonyl (C=O) groups is 1. The highest BCUT2D eigenvalue weighted by Gasteiger charge is 2.20. The lowest BCUT2D eigenvalue weighted by Crippen LogP contribution is -2.33. The Morgan fingerprint density at radius 1 is 1.35 bits per heavy atom. The molecule has 2 unspecified atom stereocenters. The third-order valence-electron chi connectivity index (χ3n) is 3.42. The Labute approximate surface area is 171 Å². The fourth-order valence-corrected chi connectivity index (χ4v) is 4.56. The Hall–Kier alpha value is -1.06. The van der Waals surface area contributed by atoms with Crippen molar-refractivity contribution in [2.45, 2.75) is 29.5 Å². The topological polar surface area (TPSA) is 76.1 Å². The Kier molecular flexibility index (Phi) is 8.43. The first-order chi connectivity index (χ1) is 12.4. The van der Waals surface area contributed by atoms with Crippen LogP contribution in [0.2, 0.25) is 10.0 Å². The van der Waals surface area contributed by atoms with Gasteiger partial charge in [-0.1, -0.05) is 52.4 Å². The molecule has 2 N–H and O–H groups in total. The number of hydrogen-bond acceptors (Lipinski definition) is 7. The van der Waals surface area contributed by atoms with Crippen LogP contribution in [0.4, 0.5) is 5.13 Å². The largest absolute Gasteiger partial charge is 0.383 e. The smallest absolute Gasteiger partial charge is 0.233 e. The van der Waals surface area contributed by atoms with Gasteiger partial charge in [-0.15, -0.1) is 10.2 Å². The van der Waals surface area contributed by atoms with Crippen molar-refractivity contribution in [3.05, 3.63) is 33.8 Å². The minimum Gasteiger partial charge on any atom is -0.383 e. The van der Waals surface area contributed by atoms with Crippen molar-refractivity contribution in [1.82, 2.24) is 15.5 Å². The molecule has 0 aliphatic carbocycles. The van der Waals surface area contributed by atoms with Gasteiger partial charge in [-0.2, -0.15) is 0 Å². The molecule has 6 nitrogen and oxygen atoms in total. The van der Waals surface area contributed by atoms with Gasteiger partial charge < -0.3 is 15.4 Å². The second kappa shape index (κ2) is 10.3. The van der Waals surface area contributed by atoms with Crippen LogP contribution in [0.15, 0.2) is 22.5 Å². The van der Waals surface area contributed by atoms with Gasteiger partial charge in [-0.3, -0.25) is 4.79 Å². The first kappa shape index (κ1) is 21.2. The molecule has 0 bridgehead atoms. The number of hydrogen-bond donors (Lipinski definition) is 2. The first-order valence-corrected chi connectivity index (χ1v) is 10.3. The summed E-state index contributed by atoms with van der Waals surface area (Å²) in [5, 5.41) is 15.7. The zero-order valence-electron chi connectivity index (χ0n) is 14.6. The van der Waals surface area contributed by atoms with Crippen molar-refractivity contribution < 1.29 is 9.53 Å². The summed E-state index contributed by atoms with van der Waals surface area (Å²) in [5.41, 5.74) is 0.821. The molecule has 0 aliphatic rings. The summed E-state index contributed by atoms with van der Waals surface area (Å²) < 4.78 is 5.70. The molecule has 1 amide bonds. The Bertz CT molecular complexity index is 745.